The first-order valence-corrected chi connectivity index (χ1v) is 5.64. The zero-order valence-electron chi connectivity index (χ0n) is 10.8. The molecule has 114 valence electrons. The third-order valence-corrected chi connectivity index (χ3v) is 2.61. The van der Waals surface area contributed by atoms with Gasteiger partial charge in [0.1, 0.15) is 11.4 Å². The molecule has 0 saturated heterocycles. The molecule has 0 radical (unpaired) electrons. The number of non-ortho nitro benzene ring substituents is 1. The number of rotatable bonds is 4. The number of aromatic amines is 1. The molecule has 12 nitrogen and oxygen atoms in total. The molecule has 0 fully saturated rings. The highest BCUT2D eigenvalue weighted by Gasteiger charge is 2.21. The van der Waals surface area contributed by atoms with Crippen LogP contribution in [0.3, 0.4) is 0 Å². The molecule has 12 heteroatoms. The van der Waals surface area contributed by atoms with Crippen LogP contribution in [0.25, 0.3) is 0 Å². The number of nitrogens with zero attached hydrogens (tertiary/aromatic N) is 3. The molecule has 6 N–H and O–H groups in total. The summed E-state index contributed by atoms with van der Waals surface area (Å²) >= 11 is 0. The van der Waals surface area contributed by atoms with Crippen molar-refractivity contribution in [2.75, 3.05) is 16.8 Å². The summed E-state index contributed by atoms with van der Waals surface area (Å²) < 4.78 is 0. The molecule has 2 rings (SSSR count). The number of anilines is 4. The summed E-state index contributed by atoms with van der Waals surface area (Å²) in [5.41, 5.74) is 8.61. The van der Waals surface area contributed by atoms with Crippen LogP contribution in [-0.2, 0) is 0 Å². The maximum atomic E-state index is 11.7. The first kappa shape index (κ1) is 14.7. The van der Waals surface area contributed by atoms with E-state index in [-0.39, 0.29) is 23.1 Å². The van der Waals surface area contributed by atoms with E-state index < -0.39 is 26.8 Å². The number of aromatic nitrogens is 2. The number of nitrogen functional groups attached to an aromatic ring is 2. The lowest BCUT2D eigenvalue weighted by molar-refractivity contribution is -0.393. The summed E-state index contributed by atoms with van der Waals surface area (Å²) in [5, 5.41) is 24.1. The van der Waals surface area contributed by atoms with Gasteiger partial charge in [-0.25, -0.2) is 0 Å². The number of H-pyrrole nitrogens is 1. The maximum Gasteiger partial charge on any atom is 0.299 e. The van der Waals surface area contributed by atoms with Gasteiger partial charge in [0, 0.05) is 6.07 Å². The van der Waals surface area contributed by atoms with Crippen LogP contribution in [0.15, 0.2) is 23.0 Å². The maximum absolute atomic E-state index is 11.7. The number of hydrogen-bond donors (Lipinski definition) is 4. The zero-order chi connectivity index (χ0) is 16.4. The average Bonchev–Trinajstić information content (AvgIpc) is 2.42. The standard InChI is InChI=1S/C10H9N7O5/c11-8-7(9(18)15-10(12)14-8)13-5-2-1-4(16(19)20)3-6(5)17(21)22/h1-3,13H,(H5,11,12,14,15,18). The summed E-state index contributed by atoms with van der Waals surface area (Å²) in [4.78, 5) is 37.6. The summed E-state index contributed by atoms with van der Waals surface area (Å²) in [5.74, 6) is -0.486. The van der Waals surface area contributed by atoms with Crippen LogP contribution in [0.2, 0.25) is 0 Å². The minimum absolute atomic E-state index is 0.153. The minimum atomic E-state index is -0.829. The van der Waals surface area contributed by atoms with Crippen molar-refractivity contribution in [3.05, 3.63) is 48.8 Å². The van der Waals surface area contributed by atoms with E-state index in [1.54, 1.807) is 0 Å². The Morgan fingerprint density at radius 3 is 2.41 bits per heavy atom. The molecule has 0 aliphatic carbocycles. The second-order valence-electron chi connectivity index (χ2n) is 4.05. The molecule has 1 heterocycles. The zero-order valence-corrected chi connectivity index (χ0v) is 10.8. The van der Waals surface area contributed by atoms with Crippen molar-refractivity contribution in [2.24, 2.45) is 0 Å². The quantitative estimate of drug-likeness (QED) is 0.458. The number of nitro groups is 2. The fourth-order valence-corrected chi connectivity index (χ4v) is 1.65. The van der Waals surface area contributed by atoms with Crippen LogP contribution in [-0.4, -0.2) is 19.8 Å². The Kier molecular flexibility index (Phi) is 3.58. The van der Waals surface area contributed by atoms with Gasteiger partial charge in [-0.05, 0) is 6.07 Å². The van der Waals surface area contributed by atoms with E-state index in [9.17, 15) is 25.0 Å². The van der Waals surface area contributed by atoms with E-state index in [1.807, 2.05) is 0 Å². The molecule has 2 aromatic rings. The first-order valence-electron chi connectivity index (χ1n) is 5.64. The van der Waals surface area contributed by atoms with Crippen molar-refractivity contribution in [2.45, 2.75) is 0 Å². The molecule has 0 saturated carbocycles. The summed E-state index contributed by atoms with van der Waals surface area (Å²) in [7, 11) is 0. The van der Waals surface area contributed by atoms with Crippen LogP contribution in [0.4, 0.5) is 34.5 Å². The Morgan fingerprint density at radius 2 is 1.86 bits per heavy atom. The van der Waals surface area contributed by atoms with E-state index >= 15 is 0 Å². The predicted molar refractivity (Wildman–Crippen MR) is 76.7 cm³/mol. The normalized spacial score (nSPS) is 10.2. The Hall–Kier alpha value is -3.70. The van der Waals surface area contributed by atoms with Gasteiger partial charge in [0.15, 0.2) is 5.82 Å². The minimum Gasteiger partial charge on any atom is -0.382 e. The van der Waals surface area contributed by atoms with E-state index in [2.05, 4.69) is 15.3 Å². The monoisotopic (exact) mass is 307 g/mol. The molecule has 1 aromatic carbocycles. The number of hydrogen-bond acceptors (Lipinski definition) is 9. The van der Waals surface area contributed by atoms with Crippen molar-refractivity contribution in [1.82, 2.24) is 9.97 Å². The van der Waals surface area contributed by atoms with Crippen molar-refractivity contribution < 1.29 is 9.85 Å². The van der Waals surface area contributed by atoms with Gasteiger partial charge in [-0.3, -0.25) is 30.0 Å². The summed E-state index contributed by atoms with van der Waals surface area (Å²) in [6.45, 7) is 0. The van der Waals surface area contributed by atoms with Crippen LogP contribution >= 0.6 is 0 Å². The lowest BCUT2D eigenvalue weighted by Gasteiger charge is -2.08. The molecule has 0 atom stereocenters. The molecule has 22 heavy (non-hydrogen) atoms. The molecule has 0 aliphatic rings. The SMILES string of the molecule is Nc1nc(N)c(Nc2ccc([N+](=O)[O-])cc2[N+](=O)[O-])c(=O)[nH]1. The van der Waals surface area contributed by atoms with E-state index in [0.717, 1.165) is 18.2 Å². The number of nitrogens with two attached hydrogens (primary N) is 2. The molecule has 0 aliphatic heterocycles. The second-order valence-corrected chi connectivity index (χ2v) is 4.05. The van der Waals surface area contributed by atoms with E-state index in [0.29, 0.717) is 0 Å². The van der Waals surface area contributed by atoms with Gasteiger partial charge >= 0.3 is 0 Å². The topological polar surface area (TPSA) is 196 Å². The van der Waals surface area contributed by atoms with Crippen molar-refractivity contribution in [3.8, 4) is 0 Å². The largest absolute Gasteiger partial charge is 0.382 e. The smallest absolute Gasteiger partial charge is 0.299 e. The van der Waals surface area contributed by atoms with E-state index in [1.165, 1.54) is 0 Å². The Morgan fingerprint density at radius 1 is 1.18 bits per heavy atom. The first-order chi connectivity index (χ1) is 10.3. The summed E-state index contributed by atoms with van der Waals surface area (Å²) in [6.07, 6.45) is 0. The van der Waals surface area contributed by atoms with Gasteiger partial charge in [-0.1, -0.05) is 0 Å². The molecule has 0 spiro atoms. The molecular formula is C10H9N7O5. The lowest BCUT2D eigenvalue weighted by atomic mass is 10.2. The predicted octanol–water partition coefficient (Wildman–Crippen LogP) is 0.494. The second kappa shape index (κ2) is 5.35. The highest BCUT2D eigenvalue weighted by molar-refractivity contribution is 5.76. The van der Waals surface area contributed by atoms with Gasteiger partial charge in [0.25, 0.3) is 16.9 Å². The van der Waals surface area contributed by atoms with Gasteiger partial charge in [-0.2, -0.15) is 4.98 Å². The average molecular weight is 307 g/mol. The highest BCUT2D eigenvalue weighted by atomic mass is 16.6. The van der Waals surface area contributed by atoms with Crippen molar-refractivity contribution >= 4 is 34.5 Å². The van der Waals surface area contributed by atoms with Crippen LogP contribution in [0, 0.1) is 20.2 Å². The molecule has 0 amide bonds. The third kappa shape index (κ3) is 2.74. The number of benzene rings is 1. The Balaban J connectivity index is 2.53. The fraction of sp³-hybridized carbons (Fsp3) is 0. The third-order valence-electron chi connectivity index (χ3n) is 2.61. The Bertz CT molecular complexity index is 831. The van der Waals surface area contributed by atoms with Gasteiger partial charge in [0.05, 0.1) is 15.9 Å². The summed E-state index contributed by atoms with van der Waals surface area (Å²) in [6, 6.07) is 2.90. The number of nitrogens with one attached hydrogen (secondary N) is 2. The molecular weight excluding hydrogens is 298 g/mol. The molecule has 0 unspecified atom stereocenters. The fourth-order valence-electron chi connectivity index (χ4n) is 1.65. The van der Waals surface area contributed by atoms with Gasteiger partial charge in [0.2, 0.25) is 5.95 Å². The van der Waals surface area contributed by atoms with Crippen LogP contribution < -0.4 is 22.3 Å². The van der Waals surface area contributed by atoms with E-state index in [4.69, 9.17) is 11.5 Å². The van der Waals surface area contributed by atoms with Crippen LogP contribution in [0.5, 0.6) is 0 Å². The highest BCUT2D eigenvalue weighted by Crippen LogP contribution is 2.31. The molecule has 0 bridgehead atoms. The molecule has 1 aromatic heterocycles. The van der Waals surface area contributed by atoms with Crippen molar-refractivity contribution in [1.29, 1.82) is 0 Å². The lowest BCUT2D eigenvalue weighted by Crippen LogP contribution is -2.18. The van der Waals surface area contributed by atoms with Crippen LogP contribution in [0.1, 0.15) is 0 Å². The number of nitro benzene ring substituents is 2. The Labute approximate surface area is 121 Å². The van der Waals surface area contributed by atoms with Gasteiger partial charge < -0.3 is 16.8 Å². The van der Waals surface area contributed by atoms with Gasteiger partial charge in [-0.15, -0.1) is 0 Å². The van der Waals surface area contributed by atoms with Crippen molar-refractivity contribution in [3.63, 3.8) is 0 Å².